The van der Waals surface area contributed by atoms with Gasteiger partial charge in [-0.1, -0.05) is 0 Å². The van der Waals surface area contributed by atoms with Gasteiger partial charge >= 0.3 is 0 Å². The summed E-state index contributed by atoms with van der Waals surface area (Å²) in [7, 11) is -0.665. The fourth-order valence-corrected chi connectivity index (χ4v) is 2.65. The molecular formula is C16H16FNO5S. The van der Waals surface area contributed by atoms with Crippen molar-refractivity contribution in [1.82, 2.24) is 0 Å². The Morgan fingerprint density at radius 2 is 1.79 bits per heavy atom. The number of nitrogens with one attached hydrogen (secondary N) is 1. The lowest BCUT2D eigenvalue weighted by Crippen LogP contribution is -2.15. The van der Waals surface area contributed by atoms with Crippen LogP contribution in [0.25, 0.3) is 0 Å². The smallest absolute Gasteiger partial charge is 0.259 e. The van der Waals surface area contributed by atoms with E-state index in [1.165, 1.54) is 26.4 Å². The predicted octanol–water partition coefficient (Wildman–Crippen LogP) is 2.50. The third kappa shape index (κ3) is 3.83. The molecule has 8 heteroatoms. The highest BCUT2D eigenvalue weighted by Crippen LogP contribution is 2.26. The Labute approximate surface area is 139 Å². The molecule has 0 heterocycles. The molecule has 2 aromatic carbocycles. The summed E-state index contributed by atoms with van der Waals surface area (Å²) in [5, 5.41) is 2.35. The van der Waals surface area contributed by atoms with Gasteiger partial charge in [-0.2, -0.15) is 0 Å². The number of methoxy groups -OCH3 is 2. The van der Waals surface area contributed by atoms with Crippen molar-refractivity contribution < 1.29 is 27.1 Å². The van der Waals surface area contributed by atoms with Crippen LogP contribution >= 0.6 is 0 Å². The molecule has 24 heavy (non-hydrogen) atoms. The summed E-state index contributed by atoms with van der Waals surface area (Å²) >= 11 is 0. The maximum absolute atomic E-state index is 13.9. The van der Waals surface area contributed by atoms with Crippen molar-refractivity contribution in [2.45, 2.75) is 4.90 Å². The van der Waals surface area contributed by atoms with Crippen LogP contribution < -0.4 is 14.8 Å². The quantitative estimate of drug-likeness (QED) is 0.835. The van der Waals surface area contributed by atoms with Gasteiger partial charge in [0.2, 0.25) is 0 Å². The van der Waals surface area contributed by atoms with Crippen LogP contribution in [-0.4, -0.2) is 34.8 Å². The average molecular weight is 353 g/mol. The molecule has 0 aliphatic heterocycles. The summed E-state index contributed by atoms with van der Waals surface area (Å²) in [6.07, 6.45) is 0.998. The zero-order chi connectivity index (χ0) is 17.9. The van der Waals surface area contributed by atoms with E-state index in [4.69, 9.17) is 9.47 Å². The van der Waals surface area contributed by atoms with Crippen molar-refractivity contribution in [2.24, 2.45) is 0 Å². The van der Waals surface area contributed by atoms with Gasteiger partial charge in [-0.05, 0) is 30.3 Å². The van der Waals surface area contributed by atoms with Crippen molar-refractivity contribution in [3.8, 4) is 11.5 Å². The lowest BCUT2D eigenvalue weighted by molar-refractivity contribution is 0.102. The van der Waals surface area contributed by atoms with Crippen LogP contribution in [0.3, 0.4) is 0 Å². The van der Waals surface area contributed by atoms with Crippen LogP contribution in [-0.2, 0) is 9.84 Å². The summed E-state index contributed by atoms with van der Waals surface area (Å²) < 4.78 is 47.2. The second kappa shape index (κ2) is 6.88. The number of hydrogen-bond donors (Lipinski definition) is 1. The minimum atomic E-state index is -3.52. The van der Waals surface area contributed by atoms with Crippen LogP contribution in [0.5, 0.6) is 11.5 Å². The van der Waals surface area contributed by atoms with E-state index in [0.717, 1.165) is 24.5 Å². The second-order valence-corrected chi connectivity index (χ2v) is 6.95. The first-order chi connectivity index (χ1) is 11.3. The molecule has 0 bridgehead atoms. The molecule has 1 N–H and O–H groups in total. The fourth-order valence-electron chi connectivity index (χ4n) is 2.01. The maximum Gasteiger partial charge on any atom is 0.259 e. The molecule has 0 aliphatic rings. The van der Waals surface area contributed by atoms with Gasteiger partial charge in [0.25, 0.3) is 5.91 Å². The molecule has 0 radical (unpaired) electrons. The summed E-state index contributed by atoms with van der Waals surface area (Å²) in [5.74, 6) is -0.650. The summed E-state index contributed by atoms with van der Waals surface area (Å²) in [5.41, 5.74) is -0.0803. The number of carbonyl (C=O) groups is 1. The van der Waals surface area contributed by atoms with E-state index in [9.17, 15) is 17.6 Å². The third-order valence-electron chi connectivity index (χ3n) is 3.27. The molecule has 0 fully saturated rings. The minimum absolute atomic E-state index is 0.0964. The number of rotatable bonds is 5. The monoisotopic (exact) mass is 353 g/mol. The van der Waals surface area contributed by atoms with E-state index in [-0.39, 0.29) is 21.9 Å². The SMILES string of the molecule is COc1ccc(C(=O)Nc2cc(S(C)(=O)=O)ccc2F)c(OC)c1. The van der Waals surface area contributed by atoms with Crippen molar-refractivity contribution >= 4 is 21.4 Å². The van der Waals surface area contributed by atoms with Crippen LogP contribution in [0, 0.1) is 5.82 Å². The molecule has 2 rings (SSSR count). The number of hydrogen-bond acceptors (Lipinski definition) is 5. The topological polar surface area (TPSA) is 81.7 Å². The van der Waals surface area contributed by atoms with Gasteiger partial charge in [-0.3, -0.25) is 4.79 Å². The molecule has 0 aromatic heterocycles. The van der Waals surface area contributed by atoms with Gasteiger partial charge in [0.1, 0.15) is 17.3 Å². The first kappa shape index (κ1) is 17.7. The zero-order valence-electron chi connectivity index (χ0n) is 13.3. The molecule has 0 spiro atoms. The molecule has 128 valence electrons. The van der Waals surface area contributed by atoms with Gasteiger partial charge in [-0.25, -0.2) is 12.8 Å². The van der Waals surface area contributed by atoms with Crippen molar-refractivity contribution in [2.75, 3.05) is 25.8 Å². The van der Waals surface area contributed by atoms with Gasteiger partial charge in [-0.15, -0.1) is 0 Å². The molecule has 6 nitrogen and oxygen atoms in total. The lowest BCUT2D eigenvalue weighted by Gasteiger charge is -2.12. The Bertz CT molecular complexity index is 880. The Balaban J connectivity index is 2.37. The van der Waals surface area contributed by atoms with E-state index in [2.05, 4.69) is 5.32 Å². The van der Waals surface area contributed by atoms with Crippen LogP contribution in [0.15, 0.2) is 41.3 Å². The van der Waals surface area contributed by atoms with Gasteiger partial charge in [0.15, 0.2) is 9.84 Å². The highest BCUT2D eigenvalue weighted by molar-refractivity contribution is 7.90. The van der Waals surface area contributed by atoms with Crippen LogP contribution in [0.2, 0.25) is 0 Å². The van der Waals surface area contributed by atoms with E-state index < -0.39 is 21.6 Å². The predicted molar refractivity (Wildman–Crippen MR) is 87.0 cm³/mol. The third-order valence-corrected chi connectivity index (χ3v) is 4.38. The largest absolute Gasteiger partial charge is 0.497 e. The standard InChI is InChI=1S/C16H16FNO5S/c1-22-10-4-6-12(15(8-10)23-2)16(19)18-14-9-11(24(3,20)21)5-7-13(14)17/h4-9H,1-3H3,(H,18,19). The number of halogens is 1. The first-order valence-electron chi connectivity index (χ1n) is 6.79. The number of anilines is 1. The Kier molecular flexibility index (Phi) is 5.08. The molecular weight excluding hydrogens is 337 g/mol. The molecule has 0 aliphatic carbocycles. The van der Waals surface area contributed by atoms with Gasteiger partial charge in [0.05, 0.1) is 30.4 Å². The van der Waals surface area contributed by atoms with E-state index in [1.54, 1.807) is 6.07 Å². The number of amides is 1. The fraction of sp³-hybridized carbons (Fsp3) is 0.188. The molecule has 0 atom stereocenters. The lowest BCUT2D eigenvalue weighted by atomic mass is 10.1. The number of sulfone groups is 1. The summed E-state index contributed by atoms with van der Waals surface area (Å²) in [4.78, 5) is 12.3. The van der Waals surface area contributed by atoms with E-state index >= 15 is 0 Å². The minimum Gasteiger partial charge on any atom is -0.497 e. The second-order valence-electron chi connectivity index (χ2n) is 4.93. The normalized spacial score (nSPS) is 11.0. The first-order valence-corrected chi connectivity index (χ1v) is 8.68. The summed E-state index contributed by atoms with van der Waals surface area (Å²) in [6.45, 7) is 0. The molecule has 2 aromatic rings. The maximum atomic E-state index is 13.9. The van der Waals surface area contributed by atoms with Crippen molar-refractivity contribution in [3.05, 3.63) is 47.8 Å². The average Bonchev–Trinajstić information content (AvgIpc) is 2.55. The molecule has 0 unspecified atom stereocenters. The van der Waals surface area contributed by atoms with Crippen LogP contribution in [0.1, 0.15) is 10.4 Å². The number of carbonyl (C=O) groups excluding carboxylic acids is 1. The van der Waals surface area contributed by atoms with E-state index in [0.29, 0.717) is 5.75 Å². The number of benzene rings is 2. The van der Waals surface area contributed by atoms with Crippen molar-refractivity contribution in [1.29, 1.82) is 0 Å². The zero-order valence-corrected chi connectivity index (χ0v) is 14.1. The number of ether oxygens (including phenoxy) is 2. The Morgan fingerprint density at radius 1 is 1.08 bits per heavy atom. The van der Waals surface area contributed by atoms with Gasteiger partial charge < -0.3 is 14.8 Å². The Hall–Kier alpha value is -2.61. The molecule has 0 saturated heterocycles. The highest BCUT2D eigenvalue weighted by Gasteiger charge is 2.17. The van der Waals surface area contributed by atoms with E-state index in [1.807, 2.05) is 0 Å². The van der Waals surface area contributed by atoms with Crippen molar-refractivity contribution in [3.63, 3.8) is 0 Å². The van der Waals surface area contributed by atoms with Crippen LogP contribution in [0.4, 0.5) is 10.1 Å². The highest BCUT2D eigenvalue weighted by atomic mass is 32.2. The molecule has 0 saturated carbocycles. The van der Waals surface area contributed by atoms with Gasteiger partial charge in [0, 0.05) is 12.3 Å². The molecule has 1 amide bonds. The summed E-state index contributed by atoms with van der Waals surface area (Å²) in [6, 6.07) is 7.72. The Morgan fingerprint density at radius 3 is 2.38 bits per heavy atom.